The maximum atomic E-state index is 12.4. The van der Waals surface area contributed by atoms with Crippen molar-refractivity contribution in [2.45, 2.75) is 26.8 Å². The quantitative estimate of drug-likeness (QED) is 0.752. The highest BCUT2D eigenvalue weighted by molar-refractivity contribution is 5.93. The van der Waals surface area contributed by atoms with E-state index in [1.807, 2.05) is 31.2 Å². The number of nitrogens with zero attached hydrogens (tertiary/aromatic N) is 3. The number of carbonyl (C=O) groups excluding carboxylic acids is 1. The van der Waals surface area contributed by atoms with Gasteiger partial charge in [0.15, 0.2) is 11.5 Å². The van der Waals surface area contributed by atoms with Gasteiger partial charge in [-0.15, -0.1) is 0 Å². The van der Waals surface area contributed by atoms with E-state index in [-0.39, 0.29) is 5.91 Å². The second-order valence-electron chi connectivity index (χ2n) is 7.06. The number of hydrogen-bond acceptors (Lipinski definition) is 6. The maximum absolute atomic E-state index is 12.4. The van der Waals surface area contributed by atoms with Gasteiger partial charge in [0.25, 0.3) is 5.91 Å². The first kappa shape index (κ1) is 20.4. The fraction of sp³-hybridized carbons (Fsp3) is 0.524. The molecule has 1 N–H and O–H groups in total. The van der Waals surface area contributed by atoms with Crippen LogP contribution >= 0.6 is 0 Å². The lowest BCUT2D eigenvalue weighted by atomic mass is 10.1. The van der Waals surface area contributed by atoms with Crippen LogP contribution in [0.3, 0.4) is 0 Å². The molecule has 2 aromatic rings. The third-order valence-corrected chi connectivity index (χ3v) is 5.23. The first-order valence-corrected chi connectivity index (χ1v) is 10.0. The Morgan fingerprint density at radius 3 is 2.57 bits per heavy atom. The summed E-state index contributed by atoms with van der Waals surface area (Å²) < 4.78 is 10.8. The Hall–Kier alpha value is -2.38. The number of rotatable bonds is 8. The van der Waals surface area contributed by atoms with Crippen LogP contribution in [0.5, 0.6) is 5.75 Å². The molecule has 0 bridgehead atoms. The summed E-state index contributed by atoms with van der Waals surface area (Å²) in [6, 6.07) is 9.51. The number of aromatic nitrogens is 1. The van der Waals surface area contributed by atoms with Gasteiger partial charge in [-0.3, -0.25) is 9.69 Å². The molecular formula is C21H30N4O3. The van der Waals surface area contributed by atoms with E-state index in [1.54, 1.807) is 6.07 Å². The van der Waals surface area contributed by atoms with Crippen LogP contribution in [0, 0.1) is 0 Å². The lowest BCUT2D eigenvalue weighted by molar-refractivity contribution is 0.0876. The van der Waals surface area contributed by atoms with Crippen molar-refractivity contribution in [3.8, 4) is 17.1 Å². The highest BCUT2D eigenvalue weighted by Crippen LogP contribution is 2.23. The second-order valence-corrected chi connectivity index (χ2v) is 7.06. The molecular weight excluding hydrogens is 356 g/mol. The van der Waals surface area contributed by atoms with Crippen molar-refractivity contribution in [1.29, 1.82) is 0 Å². The van der Waals surface area contributed by atoms with Crippen LogP contribution in [0.15, 0.2) is 34.9 Å². The number of carbonyl (C=O) groups is 1. The molecule has 1 saturated heterocycles. The van der Waals surface area contributed by atoms with Gasteiger partial charge >= 0.3 is 0 Å². The van der Waals surface area contributed by atoms with Crippen LogP contribution in [0.25, 0.3) is 11.3 Å². The molecule has 1 fully saturated rings. The summed E-state index contributed by atoms with van der Waals surface area (Å²) in [4.78, 5) is 17.3. The Morgan fingerprint density at radius 1 is 1.21 bits per heavy atom. The number of nitrogens with one attached hydrogen (secondary N) is 1. The fourth-order valence-corrected chi connectivity index (χ4v) is 3.38. The number of benzene rings is 1. The standard InChI is InChI=1S/C21H30N4O3/c1-4-24-10-12-25(13-11-24)16(3)15-22-21(26)19-14-20(28-23-19)17-6-8-18(9-7-17)27-5-2/h6-9,14,16H,4-5,10-13,15H2,1-3H3,(H,22,26)/t16-/m1/s1. The van der Waals surface area contributed by atoms with E-state index in [0.29, 0.717) is 30.6 Å². The molecule has 2 heterocycles. The summed E-state index contributed by atoms with van der Waals surface area (Å²) >= 11 is 0. The maximum Gasteiger partial charge on any atom is 0.273 e. The molecule has 3 rings (SSSR count). The van der Waals surface area contributed by atoms with E-state index in [0.717, 1.165) is 44.0 Å². The van der Waals surface area contributed by atoms with E-state index in [1.165, 1.54) is 0 Å². The minimum Gasteiger partial charge on any atom is -0.494 e. The van der Waals surface area contributed by atoms with Gasteiger partial charge in [-0.2, -0.15) is 0 Å². The van der Waals surface area contributed by atoms with Gasteiger partial charge in [0.1, 0.15) is 5.75 Å². The van der Waals surface area contributed by atoms with Crippen LogP contribution in [0.2, 0.25) is 0 Å². The molecule has 0 spiro atoms. The lowest BCUT2D eigenvalue weighted by Crippen LogP contribution is -2.52. The molecule has 1 aliphatic rings. The molecule has 0 saturated carbocycles. The Morgan fingerprint density at radius 2 is 1.93 bits per heavy atom. The van der Waals surface area contributed by atoms with E-state index in [4.69, 9.17) is 9.26 Å². The summed E-state index contributed by atoms with van der Waals surface area (Å²) in [5.41, 5.74) is 1.16. The van der Waals surface area contributed by atoms with E-state index in [2.05, 4.69) is 34.1 Å². The Labute approximate surface area is 166 Å². The number of ether oxygens (including phenoxy) is 1. The smallest absolute Gasteiger partial charge is 0.273 e. The topological polar surface area (TPSA) is 70.8 Å². The molecule has 7 heteroatoms. The SMILES string of the molecule is CCOc1ccc(-c2cc(C(=O)NC[C@@H](C)N3CCN(CC)CC3)no2)cc1. The average Bonchev–Trinajstić information content (AvgIpc) is 3.23. The predicted octanol–water partition coefficient (Wildman–Crippen LogP) is 2.50. The predicted molar refractivity (Wildman–Crippen MR) is 109 cm³/mol. The zero-order chi connectivity index (χ0) is 19.9. The molecule has 1 aliphatic heterocycles. The molecule has 1 atom stereocenters. The minimum atomic E-state index is -0.208. The summed E-state index contributed by atoms with van der Waals surface area (Å²) in [7, 11) is 0. The summed E-state index contributed by atoms with van der Waals surface area (Å²) in [6.07, 6.45) is 0. The number of piperazine rings is 1. The van der Waals surface area contributed by atoms with Gasteiger partial charge in [0, 0.05) is 50.4 Å². The summed E-state index contributed by atoms with van der Waals surface area (Å²) in [5.74, 6) is 1.16. The average molecular weight is 386 g/mol. The molecule has 1 amide bonds. The number of hydrogen-bond donors (Lipinski definition) is 1. The lowest BCUT2D eigenvalue weighted by Gasteiger charge is -2.37. The number of amides is 1. The minimum absolute atomic E-state index is 0.208. The molecule has 0 radical (unpaired) electrons. The van der Waals surface area contributed by atoms with Crippen molar-refractivity contribution >= 4 is 5.91 Å². The largest absolute Gasteiger partial charge is 0.494 e. The monoisotopic (exact) mass is 386 g/mol. The normalized spacial score (nSPS) is 16.7. The molecule has 1 aromatic heterocycles. The fourth-order valence-electron chi connectivity index (χ4n) is 3.38. The van der Waals surface area contributed by atoms with Gasteiger partial charge in [0.05, 0.1) is 6.61 Å². The second kappa shape index (κ2) is 9.71. The van der Waals surface area contributed by atoms with Gasteiger partial charge < -0.3 is 19.5 Å². The van der Waals surface area contributed by atoms with Gasteiger partial charge in [-0.05, 0) is 44.7 Å². The van der Waals surface area contributed by atoms with Crippen molar-refractivity contribution in [2.24, 2.45) is 0 Å². The van der Waals surface area contributed by atoms with Crippen molar-refractivity contribution in [3.05, 3.63) is 36.0 Å². The first-order valence-electron chi connectivity index (χ1n) is 10.0. The van der Waals surface area contributed by atoms with Crippen LogP contribution in [0.4, 0.5) is 0 Å². The van der Waals surface area contributed by atoms with E-state index in [9.17, 15) is 4.79 Å². The van der Waals surface area contributed by atoms with Crippen LogP contribution in [-0.4, -0.2) is 72.8 Å². The third-order valence-electron chi connectivity index (χ3n) is 5.23. The van der Waals surface area contributed by atoms with Crippen molar-refractivity contribution < 1.29 is 14.1 Å². The van der Waals surface area contributed by atoms with Gasteiger partial charge in [0.2, 0.25) is 0 Å². The third kappa shape index (κ3) is 5.11. The zero-order valence-electron chi connectivity index (χ0n) is 17.0. The number of likely N-dealkylation sites (N-methyl/N-ethyl adjacent to an activating group) is 1. The van der Waals surface area contributed by atoms with Crippen molar-refractivity contribution in [2.75, 3.05) is 45.9 Å². The summed E-state index contributed by atoms with van der Waals surface area (Å²) in [5, 5.41) is 6.90. The Kier molecular flexibility index (Phi) is 7.06. The molecule has 28 heavy (non-hydrogen) atoms. The van der Waals surface area contributed by atoms with Crippen LogP contribution in [0.1, 0.15) is 31.3 Å². The molecule has 7 nitrogen and oxygen atoms in total. The van der Waals surface area contributed by atoms with Crippen molar-refractivity contribution in [1.82, 2.24) is 20.3 Å². The van der Waals surface area contributed by atoms with Gasteiger partial charge in [-0.1, -0.05) is 12.1 Å². The first-order chi connectivity index (χ1) is 13.6. The van der Waals surface area contributed by atoms with Crippen LogP contribution < -0.4 is 10.1 Å². The highest BCUT2D eigenvalue weighted by Gasteiger charge is 2.21. The molecule has 0 aliphatic carbocycles. The molecule has 0 unspecified atom stereocenters. The Bertz CT molecular complexity index is 751. The molecule has 152 valence electrons. The van der Waals surface area contributed by atoms with E-state index < -0.39 is 0 Å². The Balaban J connectivity index is 1.51. The zero-order valence-corrected chi connectivity index (χ0v) is 17.0. The van der Waals surface area contributed by atoms with Gasteiger partial charge in [-0.25, -0.2) is 0 Å². The van der Waals surface area contributed by atoms with E-state index >= 15 is 0 Å². The van der Waals surface area contributed by atoms with Crippen molar-refractivity contribution in [3.63, 3.8) is 0 Å². The molecule has 1 aromatic carbocycles. The highest BCUT2D eigenvalue weighted by atomic mass is 16.5. The summed E-state index contributed by atoms with van der Waals surface area (Å²) in [6.45, 7) is 12.9. The van der Waals surface area contributed by atoms with Crippen LogP contribution in [-0.2, 0) is 0 Å².